The van der Waals surface area contributed by atoms with Gasteiger partial charge in [-0.25, -0.2) is 18.5 Å². The summed E-state index contributed by atoms with van der Waals surface area (Å²) < 4.78 is 29.8. The van der Waals surface area contributed by atoms with Crippen LogP contribution < -0.4 is 15.2 Å². The number of benzene rings is 1. The summed E-state index contributed by atoms with van der Waals surface area (Å²) in [6, 6.07) is 6.40. The molecule has 3 rings (SSSR count). The van der Waals surface area contributed by atoms with Gasteiger partial charge in [0.1, 0.15) is 5.75 Å². The zero-order chi connectivity index (χ0) is 17.3. The number of hydrogen-bond acceptors (Lipinski definition) is 6. The monoisotopic (exact) mass is 347 g/mol. The lowest BCUT2D eigenvalue weighted by molar-refractivity contribution is 0.409. The SMILES string of the molecule is COc1cc(S(N)(=O)=O)ccc1CNc1ccnc2c1cnn2C. The average Bonchev–Trinajstić information content (AvgIpc) is 2.94. The molecule has 2 aromatic heterocycles. The third-order valence-electron chi connectivity index (χ3n) is 3.69. The van der Waals surface area contributed by atoms with Crippen molar-refractivity contribution in [2.45, 2.75) is 11.4 Å². The number of hydrogen-bond donors (Lipinski definition) is 2. The van der Waals surface area contributed by atoms with E-state index in [4.69, 9.17) is 9.88 Å². The van der Waals surface area contributed by atoms with Crippen LogP contribution in [0.4, 0.5) is 5.69 Å². The Hall–Kier alpha value is -2.65. The number of nitrogens with zero attached hydrogens (tertiary/aromatic N) is 3. The maximum atomic E-state index is 11.4. The molecule has 126 valence electrons. The number of fused-ring (bicyclic) bond motifs is 1. The number of ether oxygens (including phenoxy) is 1. The first-order valence-corrected chi connectivity index (χ1v) is 8.65. The van der Waals surface area contributed by atoms with E-state index in [0.717, 1.165) is 22.3 Å². The molecule has 0 fully saturated rings. The molecule has 0 aliphatic heterocycles. The van der Waals surface area contributed by atoms with Gasteiger partial charge in [0.25, 0.3) is 0 Å². The van der Waals surface area contributed by atoms with E-state index >= 15 is 0 Å². The molecule has 0 saturated heterocycles. The lowest BCUT2D eigenvalue weighted by Gasteiger charge is -2.12. The van der Waals surface area contributed by atoms with Gasteiger partial charge in [0.2, 0.25) is 10.0 Å². The Labute approximate surface area is 139 Å². The molecule has 0 unspecified atom stereocenters. The van der Waals surface area contributed by atoms with Gasteiger partial charge < -0.3 is 10.1 Å². The van der Waals surface area contributed by atoms with Crippen LogP contribution in [-0.2, 0) is 23.6 Å². The van der Waals surface area contributed by atoms with Gasteiger partial charge in [0.15, 0.2) is 5.65 Å². The summed E-state index contributed by atoms with van der Waals surface area (Å²) in [6.45, 7) is 0.447. The topological polar surface area (TPSA) is 112 Å². The molecule has 0 bridgehead atoms. The van der Waals surface area contributed by atoms with E-state index in [0.29, 0.717) is 12.3 Å². The van der Waals surface area contributed by atoms with Crippen LogP contribution in [0.3, 0.4) is 0 Å². The highest BCUT2D eigenvalue weighted by Crippen LogP contribution is 2.25. The molecule has 0 saturated carbocycles. The fourth-order valence-electron chi connectivity index (χ4n) is 2.44. The van der Waals surface area contributed by atoms with Crippen molar-refractivity contribution in [3.8, 4) is 5.75 Å². The molecular formula is C15H17N5O3S. The maximum Gasteiger partial charge on any atom is 0.238 e. The lowest BCUT2D eigenvalue weighted by Crippen LogP contribution is -2.12. The van der Waals surface area contributed by atoms with Crippen molar-refractivity contribution in [2.75, 3.05) is 12.4 Å². The van der Waals surface area contributed by atoms with Crippen molar-refractivity contribution in [1.82, 2.24) is 14.8 Å². The molecule has 3 N–H and O–H groups in total. The highest BCUT2D eigenvalue weighted by Gasteiger charge is 2.13. The Balaban J connectivity index is 1.88. The Morgan fingerprint density at radius 1 is 1.33 bits per heavy atom. The van der Waals surface area contributed by atoms with Gasteiger partial charge in [0.05, 0.1) is 23.6 Å². The molecule has 24 heavy (non-hydrogen) atoms. The van der Waals surface area contributed by atoms with E-state index < -0.39 is 10.0 Å². The van der Waals surface area contributed by atoms with Gasteiger partial charge in [-0.1, -0.05) is 6.07 Å². The number of nitrogens with two attached hydrogens (primary N) is 1. The van der Waals surface area contributed by atoms with Crippen molar-refractivity contribution in [3.05, 3.63) is 42.2 Å². The fourth-order valence-corrected chi connectivity index (χ4v) is 2.97. The molecule has 8 nitrogen and oxygen atoms in total. The minimum atomic E-state index is -3.77. The number of methoxy groups -OCH3 is 1. The van der Waals surface area contributed by atoms with E-state index in [2.05, 4.69) is 15.4 Å². The molecular weight excluding hydrogens is 330 g/mol. The summed E-state index contributed by atoms with van der Waals surface area (Å²) in [4.78, 5) is 4.30. The van der Waals surface area contributed by atoms with E-state index in [1.807, 2.05) is 13.1 Å². The number of rotatable bonds is 5. The van der Waals surface area contributed by atoms with Gasteiger partial charge in [0, 0.05) is 37.1 Å². The predicted octanol–water partition coefficient (Wildman–Crippen LogP) is 1.24. The third kappa shape index (κ3) is 3.03. The minimum absolute atomic E-state index is 0.0154. The smallest absolute Gasteiger partial charge is 0.238 e. The van der Waals surface area contributed by atoms with Gasteiger partial charge in [-0.05, 0) is 12.1 Å². The number of nitrogens with one attached hydrogen (secondary N) is 1. The van der Waals surface area contributed by atoms with E-state index in [1.54, 1.807) is 23.1 Å². The normalized spacial score (nSPS) is 11.6. The number of pyridine rings is 1. The van der Waals surface area contributed by atoms with Crippen LogP contribution >= 0.6 is 0 Å². The number of aryl methyl sites for hydroxylation is 1. The molecule has 0 aliphatic carbocycles. The Morgan fingerprint density at radius 2 is 2.12 bits per heavy atom. The van der Waals surface area contributed by atoms with E-state index in [9.17, 15) is 8.42 Å². The van der Waals surface area contributed by atoms with Crippen LogP contribution in [0.2, 0.25) is 0 Å². The van der Waals surface area contributed by atoms with Crippen molar-refractivity contribution in [3.63, 3.8) is 0 Å². The first-order valence-electron chi connectivity index (χ1n) is 7.10. The number of anilines is 1. The summed E-state index contributed by atoms with van der Waals surface area (Å²) in [5.41, 5.74) is 2.46. The van der Waals surface area contributed by atoms with Gasteiger partial charge in [-0.2, -0.15) is 5.10 Å². The number of primary sulfonamides is 1. The zero-order valence-corrected chi connectivity index (χ0v) is 14.0. The summed E-state index contributed by atoms with van der Waals surface area (Å²) in [6.07, 6.45) is 3.44. The van der Waals surface area contributed by atoms with Gasteiger partial charge >= 0.3 is 0 Å². The molecule has 0 aliphatic rings. The predicted molar refractivity (Wildman–Crippen MR) is 90.2 cm³/mol. The average molecular weight is 347 g/mol. The molecule has 0 atom stereocenters. The Bertz CT molecular complexity index is 998. The maximum absolute atomic E-state index is 11.4. The molecule has 0 radical (unpaired) electrons. The quantitative estimate of drug-likeness (QED) is 0.718. The lowest BCUT2D eigenvalue weighted by atomic mass is 10.2. The molecule has 0 amide bonds. The molecule has 0 spiro atoms. The van der Waals surface area contributed by atoms with Crippen LogP contribution in [-0.4, -0.2) is 30.3 Å². The molecule has 2 heterocycles. The zero-order valence-electron chi connectivity index (χ0n) is 13.2. The van der Waals surface area contributed by atoms with Crippen molar-refractivity contribution in [1.29, 1.82) is 0 Å². The second-order valence-electron chi connectivity index (χ2n) is 5.24. The fraction of sp³-hybridized carbons (Fsp3) is 0.200. The van der Waals surface area contributed by atoms with Crippen molar-refractivity contribution in [2.24, 2.45) is 12.2 Å². The standard InChI is InChI=1S/C15H17N5O3S/c1-20-15-12(9-19-20)13(5-6-17-15)18-8-10-3-4-11(24(16,21)22)7-14(10)23-2/h3-7,9H,8H2,1-2H3,(H,17,18)(H2,16,21,22). The number of sulfonamides is 1. The van der Waals surface area contributed by atoms with Crippen LogP contribution in [0.15, 0.2) is 41.6 Å². The van der Waals surface area contributed by atoms with Crippen LogP contribution in [0.5, 0.6) is 5.75 Å². The molecule has 9 heteroatoms. The Morgan fingerprint density at radius 3 is 2.83 bits per heavy atom. The molecule has 1 aromatic carbocycles. The van der Waals surface area contributed by atoms with Gasteiger partial charge in [-0.3, -0.25) is 4.68 Å². The van der Waals surface area contributed by atoms with E-state index in [1.165, 1.54) is 19.2 Å². The van der Waals surface area contributed by atoms with E-state index in [-0.39, 0.29) is 4.90 Å². The van der Waals surface area contributed by atoms with Crippen molar-refractivity contribution >= 4 is 26.7 Å². The van der Waals surface area contributed by atoms with Crippen LogP contribution in [0.1, 0.15) is 5.56 Å². The minimum Gasteiger partial charge on any atom is -0.496 e. The second kappa shape index (κ2) is 6.10. The second-order valence-corrected chi connectivity index (χ2v) is 6.80. The summed E-state index contributed by atoms with van der Waals surface area (Å²) in [5.74, 6) is 0.450. The third-order valence-corrected chi connectivity index (χ3v) is 4.60. The first-order chi connectivity index (χ1) is 11.4. The molecule has 3 aromatic rings. The first kappa shape index (κ1) is 16.2. The highest BCUT2D eigenvalue weighted by atomic mass is 32.2. The van der Waals surface area contributed by atoms with Crippen LogP contribution in [0, 0.1) is 0 Å². The van der Waals surface area contributed by atoms with Crippen molar-refractivity contribution < 1.29 is 13.2 Å². The van der Waals surface area contributed by atoms with Crippen LogP contribution in [0.25, 0.3) is 11.0 Å². The van der Waals surface area contributed by atoms with Gasteiger partial charge in [-0.15, -0.1) is 0 Å². The largest absolute Gasteiger partial charge is 0.496 e. The summed E-state index contributed by atoms with van der Waals surface area (Å²) >= 11 is 0. The number of aromatic nitrogens is 3. The summed E-state index contributed by atoms with van der Waals surface area (Å²) in [7, 11) is -0.454. The highest BCUT2D eigenvalue weighted by molar-refractivity contribution is 7.89. The Kier molecular flexibility index (Phi) is 4.12. The summed E-state index contributed by atoms with van der Waals surface area (Å²) in [5, 5.41) is 13.5.